The molecule has 0 saturated carbocycles. The van der Waals surface area contributed by atoms with Crippen LogP contribution in [-0.4, -0.2) is 54.1 Å². The fourth-order valence-electron chi connectivity index (χ4n) is 4.68. The summed E-state index contributed by atoms with van der Waals surface area (Å²) in [5.74, 6) is -2.13. The van der Waals surface area contributed by atoms with Crippen LogP contribution >= 0.6 is 0 Å². The minimum Gasteiger partial charge on any atom is -0.494 e. The van der Waals surface area contributed by atoms with Crippen LogP contribution in [0.4, 0.5) is 22.0 Å². The van der Waals surface area contributed by atoms with Crippen molar-refractivity contribution < 1.29 is 41.3 Å². The fourth-order valence-corrected chi connectivity index (χ4v) is 4.68. The van der Waals surface area contributed by atoms with Crippen molar-refractivity contribution in [1.29, 1.82) is 0 Å². The Morgan fingerprint density at radius 3 is 2.36 bits per heavy atom. The lowest BCUT2D eigenvalue weighted by molar-refractivity contribution is -0.265. The highest BCUT2D eigenvalue weighted by molar-refractivity contribution is 6.00. The summed E-state index contributed by atoms with van der Waals surface area (Å²) in [5.41, 5.74) is -3.16. The third kappa shape index (κ3) is 7.16. The van der Waals surface area contributed by atoms with Crippen LogP contribution in [0.3, 0.4) is 0 Å². The lowest BCUT2D eigenvalue weighted by atomic mass is 9.92. The van der Waals surface area contributed by atoms with Crippen LogP contribution in [0.2, 0.25) is 0 Å². The zero-order valence-electron chi connectivity index (χ0n) is 25.9. The molecule has 2 aromatic heterocycles. The number of benzene rings is 2. The van der Waals surface area contributed by atoms with Crippen molar-refractivity contribution >= 4 is 16.8 Å². The summed E-state index contributed by atoms with van der Waals surface area (Å²) in [7, 11) is 1.37. The summed E-state index contributed by atoms with van der Waals surface area (Å²) in [4.78, 5) is 21.4. The zero-order valence-corrected chi connectivity index (χ0v) is 25.9. The molecule has 2 atom stereocenters. The maximum absolute atomic E-state index is 14.5. The number of amides is 1. The second-order valence-corrected chi connectivity index (χ2v) is 9.75. The first-order valence-electron chi connectivity index (χ1n) is 14.5. The number of aliphatic hydroxyl groups is 1. The Kier molecular flexibility index (Phi) is 11.4. The number of hydrogen-bond donors (Lipinski definition) is 2. The van der Waals surface area contributed by atoms with Crippen molar-refractivity contribution in [2.45, 2.75) is 52.3 Å². The molecule has 0 bridgehead atoms. The Hall–Kier alpha value is -4.32. The molecule has 2 aromatic carbocycles. The van der Waals surface area contributed by atoms with Crippen LogP contribution in [0.1, 0.15) is 60.8 Å². The van der Waals surface area contributed by atoms with E-state index in [1.165, 1.54) is 31.4 Å². The van der Waals surface area contributed by atoms with Gasteiger partial charge in [0.2, 0.25) is 5.60 Å². The molecule has 2 N–H and O–H groups in total. The molecule has 1 aliphatic heterocycles. The number of fused-ring (bicyclic) bond motifs is 2. The topological polar surface area (TPSA) is 93.6 Å². The van der Waals surface area contributed by atoms with Gasteiger partial charge in [-0.15, -0.1) is 0 Å². The monoisotopic (exact) mass is 633 g/mol. The van der Waals surface area contributed by atoms with E-state index in [9.17, 15) is 31.9 Å². The molecule has 1 amide bonds. The molecule has 12 heteroatoms. The third-order valence-corrected chi connectivity index (χ3v) is 6.94. The van der Waals surface area contributed by atoms with Crippen molar-refractivity contribution in [3.63, 3.8) is 0 Å². The van der Waals surface area contributed by atoms with E-state index in [1.807, 2.05) is 27.7 Å². The van der Waals surface area contributed by atoms with Gasteiger partial charge in [0.25, 0.3) is 5.91 Å². The van der Waals surface area contributed by atoms with Crippen molar-refractivity contribution in [3.05, 3.63) is 82.9 Å². The molecular formula is C33H36F5N3O4. The summed E-state index contributed by atoms with van der Waals surface area (Å²) in [5, 5.41) is 13.8. The van der Waals surface area contributed by atoms with Gasteiger partial charge in [0.15, 0.2) is 0 Å². The minimum absolute atomic E-state index is 0.0221. The average molecular weight is 634 g/mol. The molecule has 0 radical (unpaired) electrons. The fraction of sp³-hybridized carbons (Fsp3) is 0.364. The van der Waals surface area contributed by atoms with Crippen LogP contribution in [-0.2, 0) is 5.60 Å². The smallest absolute Gasteiger partial charge is 0.424 e. The number of nitrogens with one attached hydrogen (secondary N) is 1. The highest BCUT2D eigenvalue weighted by Crippen LogP contribution is 2.46. The lowest BCUT2D eigenvalue weighted by Crippen LogP contribution is -2.51. The number of pyridine rings is 2. The van der Waals surface area contributed by atoms with Gasteiger partial charge in [0.1, 0.15) is 28.5 Å². The van der Waals surface area contributed by atoms with Crippen LogP contribution in [0, 0.1) is 12.7 Å². The van der Waals surface area contributed by atoms with Crippen molar-refractivity contribution in [2.75, 3.05) is 26.9 Å². The molecule has 4 aromatic rings. The van der Waals surface area contributed by atoms with Gasteiger partial charge in [0.05, 0.1) is 38.5 Å². The number of aryl methyl sites for hydroxylation is 1. The highest BCUT2D eigenvalue weighted by Gasteiger charge is 2.57. The average Bonchev–Trinajstić information content (AvgIpc) is 3.47. The molecule has 1 aliphatic rings. The quantitative estimate of drug-likeness (QED) is 0.206. The summed E-state index contributed by atoms with van der Waals surface area (Å²) in [6.45, 7) is 7.40. The Bertz CT molecular complexity index is 1630. The third-order valence-electron chi connectivity index (χ3n) is 6.94. The Balaban J connectivity index is 0.00000133. The Labute approximate surface area is 258 Å². The van der Waals surface area contributed by atoms with Crippen molar-refractivity contribution in [2.24, 2.45) is 0 Å². The molecule has 242 valence electrons. The van der Waals surface area contributed by atoms with Gasteiger partial charge in [0, 0.05) is 28.3 Å². The van der Waals surface area contributed by atoms with E-state index >= 15 is 0 Å². The predicted octanol–water partition coefficient (Wildman–Crippen LogP) is 7.43. The normalized spacial score (nSPS) is 15.0. The molecule has 7 nitrogen and oxygen atoms in total. The Morgan fingerprint density at radius 1 is 1.09 bits per heavy atom. The van der Waals surface area contributed by atoms with Gasteiger partial charge in [-0.2, -0.15) is 13.2 Å². The van der Waals surface area contributed by atoms with E-state index in [-0.39, 0.29) is 40.5 Å². The van der Waals surface area contributed by atoms with Gasteiger partial charge < -0.3 is 19.9 Å². The summed E-state index contributed by atoms with van der Waals surface area (Å²) in [6.07, 6.45) is -3.70. The van der Waals surface area contributed by atoms with Crippen molar-refractivity contribution in [3.8, 4) is 22.8 Å². The number of halogens is 5. The van der Waals surface area contributed by atoms with E-state index < -0.39 is 48.3 Å². The predicted molar refractivity (Wildman–Crippen MR) is 162 cm³/mol. The van der Waals surface area contributed by atoms with E-state index in [1.54, 1.807) is 19.2 Å². The Morgan fingerprint density at radius 2 is 1.76 bits per heavy atom. The molecule has 0 spiro atoms. The maximum atomic E-state index is 14.5. The highest BCUT2D eigenvalue weighted by atomic mass is 19.4. The second-order valence-electron chi connectivity index (χ2n) is 9.75. The molecule has 5 rings (SSSR count). The van der Waals surface area contributed by atoms with E-state index in [2.05, 4.69) is 15.3 Å². The van der Waals surface area contributed by atoms with Gasteiger partial charge in [-0.05, 0) is 61.0 Å². The number of hydrogen-bond acceptors (Lipinski definition) is 6. The SMILES string of the molecule is CC.CC.COc1cc(C(=O)NC[C@](O)(c2cc3c(c(-c4ccc(F)cc4)n2)OCC3CF)C(F)(F)F)cc2cc(C)cnc12. The molecule has 0 saturated heterocycles. The van der Waals surface area contributed by atoms with Crippen LogP contribution in [0.15, 0.2) is 54.7 Å². The van der Waals surface area contributed by atoms with Gasteiger partial charge in [-0.3, -0.25) is 14.2 Å². The van der Waals surface area contributed by atoms with Gasteiger partial charge in [-0.1, -0.05) is 27.7 Å². The number of carbonyl (C=O) groups excluding carboxylic acids is 1. The first-order chi connectivity index (χ1) is 21.4. The molecule has 0 fully saturated rings. The molecular weight excluding hydrogens is 597 g/mol. The van der Waals surface area contributed by atoms with Gasteiger partial charge in [-0.25, -0.2) is 9.37 Å². The van der Waals surface area contributed by atoms with Gasteiger partial charge >= 0.3 is 6.18 Å². The molecule has 0 aliphatic carbocycles. The van der Waals surface area contributed by atoms with Crippen molar-refractivity contribution in [1.82, 2.24) is 15.3 Å². The zero-order chi connectivity index (χ0) is 33.5. The summed E-state index contributed by atoms with van der Waals surface area (Å²) >= 11 is 0. The number of ether oxygens (including phenoxy) is 2. The van der Waals surface area contributed by atoms with E-state index in [0.717, 1.165) is 23.8 Å². The number of methoxy groups -OCH3 is 1. The lowest BCUT2D eigenvalue weighted by Gasteiger charge is -2.31. The second kappa shape index (κ2) is 14.6. The van der Waals surface area contributed by atoms with E-state index in [4.69, 9.17) is 9.47 Å². The first-order valence-corrected chi connectivity index (χ1v) is 14.5. The molecule has 1 unspecified atom stereocenters. The molecule has 3 heterocycles. The number of aromatic nitrogens is 2. The van der Waals surface area contributed by atoms with Crippen LogP contribution < -0.4 is 14.8 Å². The standard InChI is InChI=1S/C29H24F5N3O4.2C2H6/c1-15-7-17-8-18(9-22(40-2)24(17)35-12-15)27(38)36-14-28(39,29(32,33)34)23-10-21-19(11-30)13-41-26(21)25(37-23)16-3-5-20(31)6-4-16;2*1-2/h3-10,12,19,39H,11,13-14H2,1-2H3,(H,36,38);2*1-2H3/t19?,28-;;/m0../s1. The van der Waals surface area contributed by atoms with Crippen LogP contribution in [0.5, 0.6) is 11.5 Å². The summed E-state index contributed by atoms with van der Waals surface area (Å²) in [6, 6.07) is 10.2. The number of nitrogens with zero attached hydrogens (tertiary/aromatic N) is 2. The number of rotatable bonds is 7. The minimum atomic E-state index is -5.31. The number of carbonyl (C=O) groups is 1. The molecule has 45 heavy (non-hydrogen) atoms. The number of alkyl halides is 4. The first kappa shape index (κ1) is 35.2. The largest absolute Gasteiger partial charge is 0.494 e. The van der Waals surface area contributed by atoms with Crippen LogP contribution in [0.25, 0.3) is 22.2 Å². The maximum Gasteiger partial charge on any atom is 0.424 e. The summed E-state index contributed by atoms with van der Waals surface area (Å²) < 4.78 is 81.7. The van der Waals surface area contributed by atoms with E-state index in [0.29, 0.717) is 10.9 Å².